The number of nitrogens with zero attached hydrogens (tertiary/aromatic N) is 1. The number of hydrogen-bond acceptors (Lipinski definition) is 2. The van der Waals surface area contributed by atoms with E-state index in [9.17, 15) is 8.78 Å². The molecular formula is C7H9F2NS. The molecule has 11 heavy (non-hydrogen) atoms. The van der Waals surface area contributed by atoms with Crippen LogP contribution in [0.3, 0.4) is 0 Å². The van der Waals surface area contributed by atoms with Crippen molar-refractivity contribution in [3.8, 4) is 6.07 Å². The predicted molar refractivity (Wildman–Crippen MR) is 40.5 cm³/mol. The number of thioether (sulfide) groups is 1. The number of nitriles is 1. The van der Waals surface area contributed by atoms with E-state index in [-0.39, 0.29) is 0 Å². The molecule has 1 fully saturated rings. The van der Waals surface area contributed by atoms with E-state index in [1.54, 1.807) is 17.8 Å². The molecule has 1 unspecified atom stereocenters. The second-order valence-corrected chi connectivity index (χ2v) is 3.78. The van der Waals surface area contributed by atoms with Crippen molar-refractivity contribution in [1.82, 2.24) is 0 Å². The molecule has 0 spiro atoms. The maximum Gasteiger partial charge on any atom is 0.254 e. The molecule has 1 nitrogen and oxygen atoms in total. The highest BCUT2D eigenvalue weighted by molar-refractivity contribution is 8.00. The second kappa shape index (κ2) is 3.91. The molecule has 0 aromatic rings. The Hall–Kier alpha value is -0.300. The average molecular weight is 177 g/mol. The minimum absolute atomic E-state index is 0.360. The van der Waals surface area contributed by atoms with E-state index in [0.717, 1.165) is 11.5 Å². The van der Waals surface area contributed by atoms with Crippen LogP contribution in [-0.2, 0) is 0 Å². The van der Waals surface area contributed by atoms with Crippen LogP contribution in [-0.4, -0.2) is 17.9 Å². The van der Waals surface area contributed by atoms with Gasteiger partial charge < -0.3 is 0 Å². The molecule has 1 atom stereocenters. The van der Waals surface area contributed by atoms with Gasteiger partial charge in [-0.15, -0.1) is 0 Å². The van der Waals surface area contributed by atoms with Gasteiger partial charge in [-0.1, -0.05) is 0 Å². The van der Waals surface area contributed by atoms with E-state index in [4.69, 9.17) is 5.26 Å². The van der Waals surface area contributed by atoms with Crippen molar-refractivity contribution in [2.45, 2.75) is 12.8 Å². The first-order chi connectivity index (χ1) is 5.24. The molecule has 0 bridgehead atoms. The fourth-order valence-electron chi connectivity index (χ4n) is 0.992. The van der Waals surface area contributed by atoms with Crippen LogP contribution in [0.2, 0.25) is 0 Å². The fourth-order valence-corrected chi connectivity index (χ4v) is 1.83. The molecule has 1 aliphatic heterocycles. The fraction of sp³-hybridized carbons (Fsp3) is 0.857. The lowest BCUT2D eigenvalue weighted by atomic mass is 9.98. The van der Waals surface area contributed by atoms with Crippen LogP contribution in [0.4, 0.5) is 8.78 Å². The number of hydrogen-bond donors (Lipinski definition) is 0. The summed E-state index contributed by atoms with van der Waals surface area (Å²) < 4.78 is 24.0. The largest absolute Gasteiger partial charge is 0.254 e. The number of alkyl halides is 2. The third-order valence-electron chi connectivity index (χ3n) is 1.76. The van der Waals surface area contributed by atoms with Gasteiger partial charge in [-0.3, -0.25) is 0 Å². The molecule has 62 valence electrons. The van der Waals surface area contributed by atoms with Gasteiger partial charge in [-0.05, 0) is 23.8 Å². The first-order valence-electron chi connectivity index (χ1n) is 3.49. The SMILES string of the molecule is N#CC(CC1CSC1)C(F)F. The van der Waals surface area contributed by atoms with Gasteiger partial charge in [0.2, 0.25) is 0 Å². The summed E-state index contributed by atoms with van der Waals surface area (Å²) in [4.78, 5) is 0. The van der Waals surface area contributed by atoms with E-state index in [2.05, 4.69) is 0 Å². The topological polar surface area (TPSA) is 23.8 Å². The summed E-state index contributed by atoms with van der Waals surface area (Å²) in [6, 6.07) is 1.64. The Kier molecular flexibility index (Phi) is 3.13. The van der Waals surface area contributed by atoms with Gasteiger partial charge in [0, 0.05) is 0 Å². The molecule has 0 N–H and O–H groups in total. The standard InChI is InChI=1S/C7H9F2NS/c8-7(9)6(2-10)1-5-3-11-4-5/h5-7H,1,3-4H2. The van der Waals surface area contributed by atoms with Crippen LogP contribution in [0, 0.1) is 23.2 Å². The molecule has 0 saturated carbocycles. The lowest BCUT2D eigenvalue weighted by Crippen LogP contribution is -2.23. The molecular weight excluding hydrogens is 168 g/mol. The molecule has 0 aliphatic carbocycles. The van der Waals surface area contributed by atoms with Crippen molar-refractivity contribution in [2.75, 3.05) is 11.5 Å². The first-order valence-corrected chi connectivity index (χ1v) is 4.65. The third kappa shape index (κ3) is 2.33. The van der Waals surface area contributed by atoms with Crippen LogP contribution >= 0.6 is 11.8 Å². The van der Waals surface area contributed by atoms with Crippen molar-refractivity contribution in [3.05, 3.63) is 0 Å². The van der Waals surface area contributed by atoms with Crippen molar-refractivity contribution in [3.63, 3.8) is 0 Å². The molecule has 1 rings (SSSR count). The minimum Gasteiger partial charge on any atom is -0.209 e. The van der Waals surface area contributed by atoms with Crippen LogP contribution in [0.15, 0.2) is 0 Å². The number of rotatable bonds is 3. The highest BCUT2D eigenvalue weighted by Crippen LogP contribution is 2.31. The normalized spacial score (nSPS) is 20.9. The van der Waals surface area contributed by atoms with Crippen molar-refractivity contribution in [1.29, 1.82) is 5.26 Å². The summed E-state index contributed by atoms with van der Waals surface area (Å²) >= 11 is 1.76. The highest BCUT2D eigenvalue weighted by atomic mass is 32.2. The molecule has 0 aromatic carbocycles. The number of halogens is 2. The van der Waals surface area contributed by atoms with Crippen molar-refractivity contribution < 1.29 is 8.78 Å². The van der Waals surface area contributed by atoms with E-state index in [1.165, 1.54) is 0 Å². The first kappa shape index (κ1) is 8.79. The minimum atomic E-state index is -2.47. The Morgan fingerprint density at radius 3 is 2.45 bits per heavy atom. The Bertz CT molecular complexity index is 162. The maximum atomic E-state index is 12.0. The summed E-state index contributed by atoms with van der Waals surface area (Å²) in [6.45, 7) is 0. The van der Waals surface area contributed by atoms with Gasteiger partial charge >= 0.3 is 0 Å². The molecule has 4 heteroatoms. The van der Waals surface area contributed by atoms with E-state index in [0.29, 0.717) is 12.3 Å². The van der Waals surface area contributed by atoms with Gasteiger partial charge in [-0.2, -0.15) is 17.0 Å². The Morgan fingerprint density at radius 1 is 1.55 bits per heavy atom. The van der Waals surface area contributed by atoms with E-state index < -0.39 is 12.3 Å². The zero-order valence-electron chi connectivity index (χ0n) is 5.96. The Balaban J connectivity index is 2.26. The summed E-state index contributed by atoms with van der Waals surface area (Å²) in [5.41, 5.74) is 0. The van der Waals surface area contributed by atoms with E-state index >= 15 is 0 Å². The zero-order chi connectivity index (χ0) is 8.27. The van der Waals surface area contributed by atoms with Crippen molar-refractivity contribution >= 4 is 11.8 Å². The lowest BCUT2D eigenvalue weighted by molar-refractivity contribution is 0.0930. The molecule has 0 radical (unpaired) electrons. The highest BCUT2D eigenvalue weighted by Gasteiger charge is 2.27. The maximum absolute atomic E-state index is 12.0. The molecule has 1 aliphatic rings. The molecule has 1 saturated heterocycles. The predicted octanol–water partition coefficient (Wildman–Crippen LogP) is 2.14. The second-order valence-electron chi connectivity index (χ2n) is 2.71. The quantitative estimate of drug-likeness (QED) is 0.659. The average Bonchev–Trinajstić information content (AvgIpc) is 1.85. The summed E-state index contributed by atoms with van der Waals surface area (Å²) in [6.07, 6.45) is -2.09. The van der Waals surface area contributed by atoms with Gasteiger partial charge in [0.25, 0.3) is 6.43 Å². The third-order valence-corrected chi connectivity index (χ3v) is 3.18. The lowest BCUT2D eigenvalue weighted by Gasteiger charge is -2.26. The Labute approximate surface area is 68.8 Å². The van der Waals surface area contributed by atoms with Crippen molar-refractivity contribution in [2.24, 2.45) is 11.8 Å². The van der Waals surface area contributed by atoms with Crippen LogP contribution in [0.25, 0.3) is 0 Å². The summed E-state index contributed by atoms with van der Waals surface area (Å²) in [5, 5.41) is 8.33. The van der Waals surface area contributed by atoms with Gasteiger partial charge in [-0.25, -0.2) is 8.78 Å². The van der Waals surface area contributed by atoms with Gasteiger partial charge in [0.05, 0.1) is 6.07 Å². The van der Waals surface area contributed by atoms with Gasteiger partial charge in [0.1, 0.15) is 5.92 Å². The van der Waals surface area contributed by atoms with Crippen LogP contribution in [0.5, 0.6) is 0 Å². The molecule has 0 amide bonds. The van der Waals surface area contributed by atoms with E-state index in [1.807, 2.05) is 0 Å². The molecule has 1 heterocycles. The molecule has 0 aromatic heterocycles. The smallest absolute Gasteiger partial charge is 0.209 e. The van der Waals surface area contributed by atoms with Crippen LogP contribution in [0.1, 0.15) is 6.42 Å². The summed E-state index contributed by atoms with van der Waals surface area (Å²) in [5.74, 6) is 1.22. The Morgan fingerprint density at radius 2 is 2.18 bits per heavy atom. The van der Waals surface area contributed by atoms with Gasteiger partial charge in [0.15, 0.2) is 0 Å². The zero-order valence-corrected chi connectivity index (χ0v) is 6.78. The monoisotopic (exact) mass is 177 g/mol. The van der Waals surface area contributed by atoms with Crippen LogP contribution < -0.4 is 0 Å². The summed E-state index contributed by atoms with van der Waals surface area (Å²) in [7, 11) is 0.